The fourth-order valence-corrected chi connectivity index (χ4v) is 2.46. The van der Waals surface area contributed by atoms with Gasteiger partial charge in [0.05, 0.1) is 6.54 Å². The Morgan fingerprint density at radius 2 is 1.96 bits per heavy atom. The van der Waals surface area contributed by atoms with Gasteiger partial charge in [0, 0.05) is 46.1 Å². The molecule has 24 heavy (non-hydrogen) atoms. The van der Waals surface area contributed by atoms with Gasteiger partial charge < -0.3 is 19.3 Å². The molecular weight excluding hydrogens is 304 g/mol. The normalized spacial score (nSPS) is 10.6. The molecule has 1 aromatic heterocycles. The predicted octanol–water partition coefficient (Wildman–Crippen LogP) is 2.18. The lowest BCUT2D eigenvalue weighted by Gasteiger charge is -2.29. The van der Waals surface area contributed by atoms with Crippen molar-refractivity contribution in [2.75, 3.05) is 33.7 Å². The van der Waals surface area contributed by atoms with Crippen LogP contribution in [0.25, 0.3) is 0 Å². The van der Waals surface area contributed by atoms with Gasteiger partial charge >= 0.3 is 6.03 Å². The summed E-state index contributed by atoms with van der Waals surface area (Å²) in [7, 11) is 5.32. The summed E-state index contributed by atoms with van der Waals surface area (Å²) in [4.78, 5) is 29.8. The van der Waals surface area contributed by atoms with E-state index in [1.165, 1.54) is 9.80 Å². The van der Waals surface area contributed by atoms with E-state index in [4.69, 9.17) is 0 Å². The molecule has 0 saturated carbocycles. The van der Waals surface area contributed by atoms with Crippen molar-refractivity contribution in [3.63, 3.8) is 0 Å². The third-order valence-electron chi connectivity index (χ3n) is 3.67. The van der Waals surface area contributed by atoms with E-state index in [0.29, 0.717) is 25.6 Å². The zero-order valence-corrected chi connectivity index (χ0v) is 15.5. The first-order valence-electron chi connectivity index (χ1n) is 8.21. The van der Waals surface area contributed by atoms with Crippen molar-refractivity contribution >= 4 is 11.9 Å². The highest BCUT2D eigenvalue weighted by Crippen LogP contribution is 2.09. The van der Waals surface area contributed by atoms with Gasteiger partial charge in [0.1, 0.15) is 6.54 Å². The van der Waals surface area contributed by atoms with Gasteiger partial charge in [-0.3, -0.25) is 4.79 Å². The molecular formula is C18H30N4O2. The predicted molar refractivity (Wildman–Crippen MR) is 96.5 cm³/mol. The maximum atomic E-state index is 12.8. The first kappa shape index (κ1) is 19.8. The number of rotatable bonds is 8. The fraction of sp³-hybridized carbons (Fsp3) is 0.556. The summed E-state index contributed by atoms with van der Waals surface area (Å²) < 4.78 is 2.01. The van der Waals surface area contributed by atoms with Crippen molar-refractivity contribution in [3.05, 3.63) is 36.7 Å². The number of urea groups is 1. The highest BCUT2D eigenvalue weighted by Gasteiger charge is 2.22. The van der Waals surface area contributed by atoms with E-state index < -0.39 is 0 Å². The Morgan fingerprint density at radius 1 is 1.29 bits per heavy atom. The number of carbonyl (C=O) groups is 2. The average molecular weight is 334 g/mol. The van der Waals surface area contributed by atoms with Crippen LogP contribution in [0.4, 0.5) is 4.79 Å². The molecule has 0 unspecified atom stereocenters. The minimum atomic E-state index is -0.188. The van der Waals surface area contributed by atoms with Crippen LogP contribution in [0.1, 0.15) is 19.5 Å². The van der Waals surface area contributed by atoms with E-state index in [1.54, 1.807) is 20.2 Å². The van der Waals surface area contributed by atoms with Crippen LogP contribution in [0.5, 0.6) is 0 Å². The minimum absolute atomic E-state index is 0.0538. The third-order valence-corrected chi connectivity index (χ3v) is 3.67. The van der Waals surface area contributed by atoms with E-state index in [2.05, 4.69) is 20.4 Å². The molecule has 0 aliphatic heterocycles. The molecule has 3 amide bonds. The monoisotopic (exact) mass is 334 g/mol. The topological polar surface area (TPSA) is 48.8 Å². The summed E-state index contributed by atoms with van der Waals surface area (Å²) in [5.41, 5.74) is 1.07. The number of aromatic nitrogens is 1. The fourth-order valence-electron chi connectivity index (χ4n) is 2.46. The van der Waals surface area contributed by atoms with Crippen LogP contribution in [0, 0.1) is 5.92 Å². The van der Waals surface area contributed by atoms with Gasteiger partial charge in [0.25, 0.3) is 0 Å². The number of aryl methyl sites for hydroxylation is 1. The van der Waals surface area contributed by atoms with E-state index in [1.807, 2.05) is 34.8 Å². The zero-order valence-electron chi connectivity index (χ0n) is 15.5. The lowest BCUT2D eigenvalue weighted by atomic mass is 10.2. The van der Waals surface area contributed by atoms with Gasteiger partial charge in [0.2, 0.25) is 5.91 Å². The van der Waals surface area contributed by atoms with E-state index in [0.717, 1.165) is 5.69 Å². The molecule has 1 aromatic rings. The van der Waals surface area contributed by atoms with Crippen LogP contribution >= 0.6 is 0 Å². The second kappa shape index (κ2) is 9.15. The standard InChI is InChI=1S/C18H30N4O2/c1-7-10-21(18(24)19(4)5)14-17(23)22(12-15(2)3)13-16-9-8-11-20(16)6/h7-9,11,15H,1,10,12-14H2,2-6H3. The first-order chi connectivity index (χ1) is 11.3. The number of carbonyl (C=O) groups excluding carboxylic acids is 2. The Bertz CT molecular complexity index is 563. The Labute approximate surface area is 145 Å². The quantitative estimate of drug-likeness (QED) is 0.684. The maximum Gasteiger partial charge on any atom is 0.320 e. The molecule has 0 bridgehead atoms. The molecule has 6 nitrogen and oxygen atoms in total. The molecule has 0 radical (unpaired) electrons. The highest BCUT2D eigenvalue weighted by atomic mass is 16.2. The summed E-state index contributed by atoms with van der Waals surface area (Å²) in [6.07, 6.45) is 3.60. The van der Waals surface area contributed by atoms with Crippen molar-refractivity contribution in [3.8, 4) is 0 Å². The summed E-state index contributed by atoms with van der Waals surface area (Å²) in [6, 6.07) is 3.78. The van der Waals surface area contributed by atoms with Gasteiger partial charge in [0.15, 0.2) is 0 Å². The van der Waals surface area contributed by atoms with Crippen LogP contribution in [-0.4, -0.2) is 64.9 Å². The van der Waals surface area contributed by atoms with Crippen LogP contribution < -0.4 is 0 Å². The van der Waals surface area contributed by atoms with E-state index in [-0.39, 0.29) is 18.5 Å². The molecule has 0 fully saturated rings. The van der Waals surface area contributed by atoms with Crippen molar-refractivity contribution in [1.29, 1.82) is 0 Å². The molecule has 0 N–H and O–H groups in total. The van der Waals surface area contributed by atoms with Crippen LogP contribution in [0.2, 0.25) is 0 Å². The van der Waals surface area contributed by atoms with E-state index in [9.17, 15) is 9.59 Å². The zero-order chi connectivity index (χ0) is 18.3. The Morgan fingerprint density at radius 3 is 2.42 bits per heavy atom. The number of nitrogens with zero attached hydrogens (tertiary/aromatic N) is 4. The molecule has 0 aromatic carbocycles. The number of hydrogen-bond donors (Lipinski definition) is 0. The number of amides is 3. The second-order valence-corrected chi connectivity index (χ2v) is 6.62. The van der Waals surface area contributed by atoms with Gasteiger partial charge in [-0.1, -0.05) is 19.9 Å². The smallest absolute Gasteiger partial charge is 0.320 e. The van der Waals surface area contributed by atoms with E-state index >= 15 is 0 Å². The lowest BCUT2D eigenvalue weighted by Crippen LogP contribution is -2.47. The summed E-state index contributed by atoms with van der Waals surface area (Å²) in [5.74, 6) is 0.300. The van der Waals surface area contributed by atoms with Crippen LogP contribution in [0.3, 0.4) is 0 Å². The summed E-state index contributed by atoms with van der Waals surface area (Å²) in [5, 5.41) is 0. The molecule has 0 atom stereocenters. The number of hydrogen-bond acceptors (Lipinski definition) is 2. The Hall–Kier alpha value is -2.24. The van der Waals surface area contributed by atoms with Gasteiger partial charge in [-0.05, 0) is 18.1 Å². The highest BCUT2D eigenvalue weighted by molar-refractivity contribution is 5.84. The van der Waals surface area contributed by atoms with Gasteiger partial charge in [-0.25, -0.2) is 4.79 Å². The van der Waals surface area contributed by atoms with Crippen molar-refractivity contribution in [1.82, 2.24) is 19.3 Å². The SMILES string of the molecule is C=CCN(CC(=O)N(Cc1cccn1C)CC(C)C)C(=O)N(C)C. The second-order valence-electron chi connectivity index (χ2n) is 6.62. The molecule has 0 saturated heterocycles. The molecule has 0 spiro atoms. The first-order valence-corrected chi connectivity index (χ1v) is 8.21. The molecule has 134 valence electrons. The minimum Gasteiger partial charge on any atom is -0.353 e. The largest absolute Gasteiger partial charge is 0.353 e. The average Bonchev–Trinajstić information content (AvgIpc) is 2.90. The Balaban J connectivity index is 2.87. The van der Waals surface area contributed by atoms with Gasteiger partial charge in [-0.15, -0.1) is 6.58 Å². The van der Waals surface area contributed by atoms with Gasteiger partial charge in [-0.2, -0.15) is 0 Å². The Kier molecular flexibility index (Phi) is 7.55. The van der Waals surface area contributed by atoms with Crippen molar-refractivity contribution < 1.29 is 9.59 Å². The maximum absolute atomic E-state index is 12.8. The molecule has 0 aliphatic rings. The van der Waals surface area contributed by atoms with Crippen LogP contribution in [-0.2, 0) is 18.4 Å². The molecule has 0 aliphatic carbocycles. The summed E-state index contributed by atoms with van der Waals surface area (Å²) in [6.45, 7) is 9.44. The van der Waals surface area contributed by atoms with Crippen molar-refractivity contribution in [2.45, 2.75) is 20.4 Å². The molecule has 1 rings (SSSR count). The van der Waals surface area contributed by atoms with Crippen LogP contribution in [0.15, 0.2) is 31.0 Å². The third kappa shape index (κ3) is 5.76. The lowest BCUT2D eigenvalue weighted by molar-refractivity contribution is -0.133. The van der Waals surface area contributed by atoms with Crippen molar-refractivity contribution in [2.24, 2.45) is 13.0 Å². The summed E-state index contributed by atoms with van der Waals surface area (Å²) >= 11 is 0. The molecule has 1 heterocycles. The molecule has 6 heteroatoms.